The van der Waals surface area contributed by atoms with Gasteiger partial charge in [-0.15, -0.1) is 11.3 Å². The molecule has 7 heteroatoms. The molecule has 4 rings (SSSR count). The van der Waals surface area contributed by atoms with Gasteiger partial charge in [-0.25, -0.2) is 9.55 Å². The van der Waals surface area contributed by atoms with E-state index in [0.717, 1.165) is 42.6 Å². The van der Waals surface area contributed by atoms with E-state index in [2.05, 4.69) is 10.2 Å². The van der Waals surface area contributed by atoms with Crippen LogP contribution in [0.2, 0.25) is 0 Å². The number of aromatic nitrogens is 2. The van der Waals surface area contributed by atoms with Gasteiger partial charge in [-0.3, -0.25) is 9.59 Å². The molecule has 0 unspecified atom stereocenters. The molecule has 3 heterocycles. The zero-order valence-corrected chi connectivity index (χ0v) is 17.7. The summed E-state index contributed by atoms with van der Waals surface area (Å²) in [5.74, 6) is 0.631. The van der Waals surface area contributed by atoms with E-state index >= 15 is 0 Å². The number of carbonyl (C=O) groups is 1. The molecule has 0 aliphatic carbocycles. The minimum Gasteiger partial charge on any atom is -0.356 e. The van der Waals surface area contributed by atoms with Crippen molar-refractivity contribution in [3.05, 3.63) is 51.6 Å². The van der Waals surface area contributed by atoms with Crippen molar-refractivity contribution < 1.29 is 4.79 Å². The molecule has 1 aliphatic heterocycles. The minimum atomic E-state index is -0.0863. The average molecular weight is 411 g/mol. The van der Waals surface area contributed by atoms with Gasteiger partial charge in [0, 0.05) is 19.6 Å². The molecular formula is C22H26N4O2S. The lowest BCUT2D eigenvalue weighted by atomic mass is 9.97. The number of fused-ring (bicyclic) bond motifs is 1. The maximum Gasteiger partial charge on any atom is 0.277 e. The highest BCUT2D eigenvalue weighted by atomic mass is 32.1. The molecule has 1 fully saturated rings. The average Bonchev–Trinajstić information content (AvgIpc) is 3.22. The third kappa shape index (κ3) is 3.92. The lowest BCUT2D eigenvalue weighted by Crippen LogP contribution is -2.45. The fourth-order valence-corrected chi connectivity index (χ4v) is 4.56. The Balaban J connectivity index is 1.76. The predicted molar refractivity (Wildman–Crippen MR) is 118 cm³/mol. The number of aryl methyl sites for hydroxylation is 1. The first-order valence-electron chi connectivity index (χ1n) is 10.2. The summed E-state index contributed by atoms with van der Waals surface area (Å²) >= 11 is 1.42. The molecular weight excluding hydrogens is 384 g/mol. The Kier molecular flexibility index (Phi) is 5.67. The highest BCUT2D eigenvalue weighted by Crippen LogP contribution is 2.26. The Morgan fingerprint density at radius 2 is 2.07 bits per heavy atom. The molecule has 29 heavy (non-hydrogen) atoms. The number of nitrogens with zero attached hydrogens (tertiary/aromatic N) is 3. The van der Waals surface area contributed by atoms with Crippen molar-refractivity contribution in [2.75, 3.05) is 24.5 Å². The molecule has 3 aromatic rings. The zero-order chi connectivity index (χ0) is 20.4. The van der Waals surface area contributed by atoms with Crippen molar-refractivity contribution in [1.29, 1.82) is 0 Å². The van der Waals surface area contributed by atoms with Crippen LogP contribution in [-0.4, -0.2) is 35.1 Å². The number of anilines is 1. The van der Waals surface area contributed by atoms with E-state index in [1.54, 1.807) is 4.57 Å². The van der Waals surface area contributed by atoms with Crippen LogP contribution in [0.3, 0.4) is 0 Å². The van der Waals surface area contributed by atoms with Crippen LogP contribution in [0.25, 0.3) is 15.9 Å². The fraction of sp³-hybridized carbons (Fsp3) is 0.409. The molecule has 6 nitrogen and oxygen atoms in total. The van der Waals surface area contributed by atoms with Crippen LogP contribution in [0.4, 0.5) is 5.95 Å². The van der Waals surface area contributed by atoms with Gasteiger partial charge in [0.25, 0.3) is 5.56 Å². The molecule has 2 aromatic heterocycles. The summed E-state index contributed by atoms with van der Waals surface area (Å²) in [7, 11) is 0. The molecule has 1 atom stereocenters. The first-order valence-corrected chi connectivity index (χ1v) is 11.1. The Morgan fingerprint density at radius 3 is 2.83 bits per heavy atom. The van der Waals surface area contributed by atoms with Gasteiger partial charge in [-0.1, -0.05) is 24.6 Å². The maximum absolute atomic E-state index is 13.3. The smallest absolute Gasteiger partial charge is 0.277 e. The van der Waals surface area contributed by atoms with Crippen LogP contribution in [0.5, 0.6) is 0 Å². The van der Waals surface area contributed by atoms with E-state index in [0.29, 0.717) is 23.7 Å². The topological polar surface area (TPSA) is 67.2 Å². The molecule has 1 N–H and O–H groups in total. The van der Waals surface area contributed by atoms with Gasteiger partial charge < -0.3 is 10.2 Å². The number of thiophene rings is 1. The second kappa shape index (κ2) is 8.37. The van der Waals surface area contributed by atoms with Crippen LogP contribution >= 0.6 is 11.3 Å². The van der Waals surface area contributed by atoms with Crippen LogP contribution in [-0.2, 0) is 4.79 Å². The minimum absolute atomic E-state index is 0.0542. The van der Waals surface area contributed by atoms with E-state index in [1.165, 1.54) is 11.3 Å². The SMILES string of the molecule is CCCNC(=O)[C@H]1CCCN(c2nc3ccsc3c(=O)n2-c2ccc(C)cc2)C1. The molecule has 0 spiro atoms. The number of benzene rings is 1. The van der Waals surface area contributed by atoms with Crippen LogP contribution in [0.1, 0.15) is 31.7 Å². The summed E-state index contributed by atoms with van der Waals surface area (Å²) in [6.45, 7) is 6.13. The summed E-state index contributed by atoms with van der Waals surface area (Å²) in [4.78, 5) is 32.8. The third-order valence-corrected chi connectivity index (χ3v) is 6.27. The van der Waals surface area contributed by atoms with E-state index in [9.17, 15) is 9.59 Å². The molecule has 0 bridgehead atoms. The number of rotatable bonds is 5. The number of nitrogens with one attached hydrogen (secondary N) is 1. The van der Waals surface area contributed by atoms with E-state index in [4.69, 9.17) is 4.98 Å². The van der Waals surface area contributed by atoms with Crippen molar-refractivity contribution in [3.63, 3.8) is 0 Å². The Bertz CT molecular complexity index is 1070. The Labute approximate surface area is 174 Å². The second-order valence-corrected chi connectivity index (χ2v) is 8.52. The second-order valence-electron chi connectivity index (χ2n) is 7.60. The monoisotopic (exact) mass is 410 g/mol. The number of amides is 1. The number of hydrogen-bond donors (Lipinski definition) is 1. The third-order valence-electron chi connectivity index (χ3n) is 5.38. The molecule has 152 valence electrons. The largest absolute Gasteiger partial charge is 0.356 e. The molecule has 0 saturated carbocycles. The lowest BCUT2D eigenvalue weighted by molar-refractivity contribution is -0.125. The molecule has 1 aliphatic rings. The highest BCUT2D eigenvalue weighted by molar-refractivity contribution is 7.17. The zero-order valence-electron chi connectivity index (χ0n) is 16.9. The standard InChI is InChI=1S/C22H26N4O2S/c1-3-11-23-20(27)16-5-4-12-25(14-16)22-24-18-10-13-29-19(18)21(28)26(22)17-8-6-15(2)7-9-17/h6-10,13,16H,3-5,11-12,14H2,1-2H3,(H,23,27)/t16-/m0/s1. The molecule has 0 radical (unpaired) electrons. The summed E-state index contributed by atoms with van der Waals surface area (Å²) in [6, 6.07) is 9.80. The fourth-order valence-electron chi connectivity index (χ4n) is 3.80. The summed E-state index contributed by atoms with van der Waals surface area (Å²) in [5.41, 5.74) is 2.60. The normalized spacial score (nSPS) is 16.9. The van der Waals surface area contributed by atoms with Gasteiger partial charge in [0.15, 0.2) is 0 Å². The molecule has 1 saturated heterocycles. The van der Waals surface area contributed by atoms with Gasteiger partial charge in [0.1, 0.15) is 4.70 Å². The molecule has 1 aromatic carbocycles. The van der Waals surface area contributed by atoms with Gasteiger partial charge in [0.05, 0.1) is 17.1 Å². The van der Waals surface area contributed by atoms with Crippen molar-refractivity contribution in [1.82, 2.24) is 14.9 Å². The number of hydrogen-bond acceptors (Lipinski definition) is 5. The maximum atomic E-state index is 13.3. The predicted octanol–water partition coefficient (Wildman–Crippen LogP) is 3.50. The van der Waals surface area contributed by atoms with Gasteiger partial charge in [-0.05, 0) is 49.8 Å². The highest BCUT2D eigenvalue weighted by Gasteiger charge is 2.29. The first kappa shape index (κ1) is 19.6. The van der Waals surface area contributed by atoms with Crippen molar-refractivity contribution in [2.45, 2.75) is 33.1 Å². The van der Waals surface area contributed by atoms with Gasteiger partial charge in [0.2, 0.25) is 11.9 Å². The van der Waals surface area contributed by atoms with E-state index in [1.807, 2.05) is 49.6 Å². The summed E-state index contributed by atoms with van der Waals surface area (Å²) < 4.78 is 2.36. The quantitative estimate of drug-likeness (QED) is 0.699. The summed E-state index contributed by atoms with van der Waals surface area (Å²) in [5, 5.41) is 4.91. The van der Waals surface area contributed by atoms with Gasteiger partial charge >= 0.3 is 0 Å². The van der Waals surface area contributed by atoms with Crippen LogP contribution in [0, 0.1) is 12.8 Å². The van der Waals surface area contributed by atoms with Crippen molar-refractivity contribution >= 4 is 33.4 Å². The summed E-state index contributed by atoms with van der Waals surface area (Å²) in [6.07, 6.45) is 2.68. The van der Waals surface area contributed by atoms with Crippen LogP contribution in [0.15, 0.2) is 40.5 Å². The lowest BCUT2D eigenvalue weighted by Gasteiger charge is -2.34. The first-order chi connectivity index (χ1) is 14.1. The Morgan fingerprint density at radius 1 is 1.28 bits per heavy atom. The number of piperidine rings is 1. The van der Waals surface area contributed by atoms with E-state index in [-0.39, 0.29) is 17.4 Å². The van der Waals surface area contributed by atoms with E-state index < -0.39 is 0 Å². The Hall–Kier alpha value is -2.67. The van der Waals surface area contributed by atoms with Crippen molar-refractivity contribution in [2.24, 2.45) is 5.92 Å². The van der Waals surface area contributed by atoms with Crippen LogP contribution < -0.4 is 15.8 Å². The number of carbonyl (C=O) groups excluding carboxylic acids is 1. The van der Waals surface area contributed by atoms with Crippen molar-refractivity contribution in [3.8, 4) is 5.69 Å². The van der Waals surface area contributed by atoms with Gasteiger partial charge in [-0.2, -0.15) is 0 Å². The molecule has 1 amide bonds.